The van der Waals surface area contributed by atoms with E-state index in [1.807, 2.05) is 60.7 Å². The molecule has 0 aliphatic heterocycles. The number of esters is 4. The van der Waals surface area contributed by atoms with Gasteiger partial charge in [-0.2, -0.15) is 0 Å². The van der Waals surface area contributed by atoms with E-state index in [9.17, 15) is 19.2 Å². The zero-order valence-corrected chi connectivity index (χ0v) is 32.3. The lowest BCUT2D eigenvalue weighted by Gasteiger charge is -2.20. The summed E-state index contributed by atoms with van der Waals surface area (Å²) in [4.78, 5) is 55.8. The molecule has 0 saturated carbocycles. The van der Waals surface area contributed by atoms with Gasteiger partial charge in [0.1, 0.15) is 0 Å². The maximum absolute atomic E-state index is 14.0. The maximum Gasteiger partial charge on any atom is 0.339 e. The van der Waals surface area contributed by atoms with Crippen molar-refractivity contribution < 1.29 is 38.1 Å². The summed E-state index contributed by atoms with van der Waals surface area (Å²) in [6.07, 6.45) is 0. The molecule has 10 heteroatoms. The zero-order chi connectivity index (χ0) is 37.4. The van der Waals surface area contributed by atoms with Gasteiger partial charge in [0.25, 0.3) is 0 Å². The number of hydrogen-bond acceptors (Lipinski definition) is 8. The smallest absolute Gasteiger partial charge is 0.339 e. The lowest BCUT2D eigenvalue weighted by Crippen LogP contribution is -2.17. The third-order valence-corrected chi connectivity index (χ3v) is 9.44. The highest BCUT2D eigenvalue weighted by atomic mass is 79.9. The Bertz CT molecular complexity index is 2080. The largest absolute Gasteiger partial charge is 0.462 e. The van der Waals surface area contributed by atoms with Crippen molar-refractivity contribution in [2.24, 2.45) is 0 Å². The van der Waals surface area contributed by atoms with Crippen molar-refractivity contribution >= 4 is 99.6 Å². The molecule has 52 heavy (non-hydrogen) atoms. The van der Waals surface area contributed by atoms with Crippen LogP contribution in [0.3, 0.4) is 0 Å². The SMILES string of the molecule is CCOC(=O)/C(=C(\C(=O)OCC)c1cccc2ccccc12)c1cc(Br)c(/C(C(=O)OCC)=C(/C(=O)OCC)c2cccc3ccccc23)cc1Br. The summed E-state index contributed by atoms with van der Waals surface area (Å²) in [5.41, 5.74) is 1.38. The Morgan fingerprint density at radius 3 is 1.04 bits per heavy atom. The van der Waals surface area contributed by atoms with Gasteiger partial charge in [-0.25, -0.2) is 19.2 Å². The van der Waals surface area contributed by atoms with Crippen LogP contribution in [0.5, 0.6) is 0 Å². The van der Waals surface area contributed by atoms with Crippen LogP contribution in [0.4, 0.5) is 0 Å². The van der Waals surface area contributed by atoms with Gasteiger partial charge in [0.05, 0.1) is 48.7 Å². The average molecular weight is 829 g/mol. The Balaban J connectivity index is 1.89. The molecule has 0 N–H and O–H groups in total. The van der Waals surface area contributed by atoms with Crippen LogP contribution in [-0.4, -0.2) is 50.3 Å². The Morgan fingerprint density at radius 1 is 0.423 bits per heavy atom. The molecule has 5 aromatic rings. The van der Waals surface area contributed by atoms with Crippen LogP contribution in [0.25, 0.3) is 43.8 Å². The molecule has 0 radical (unpaired) electrons. The number of ether oxygens (including phenoxy) is 4. The molecule has 0 heterocycles. The normalized spacial score (nSPS) is 12.1. The molecule has 0 unspecified atom stereocenters. The van der Waals surface area contributed by atoms with Crippen molar-refractivity contribution in [2.75, 3.05) is 26.4 Å². The average Bonchev–Trinajstić information content (AvgIpc) is 3.14. The summed E-state index contributed by atoms with van der Waals surface area (Å²) in [7, 11) is 0. The van der Waals surface area contributed by atoms with Gasteiger partial charge < -0.3 is 18.9 Å². The molecule has 0 bridgehead atoms. The third kappa shape index (κ3) is 7.88. The van der Waals surface area contributed by atoms with Crippen LogP contribution in [0.15, 0.2) is 106 Å². The van der Waals surface area contributed by atoms with Crippen molar-refractivity contribution in [3.05, 3.63) is 128 Å². The Kier molecular flexibility index (Phi) is 12.8. The fraction of sp³-hybridized carbons (Fsp3) is 0.190. The van der Waals surface area contributed by atoms with E-state index in [4.69, 9.17) is 18.9 Å². The predicted octanol–water partition coefficient (Wildman–Crippen LogP) is 9.59. The van der Waals surface area contributed by atoms with Gasteiger partial charge in [-0.3, -0.25) is 0 Å². The molecule has 5 rings (SSSR count). The molecule has 0 aliphatic carbocycles. The molecular weight excluding hydrogens is 792 g/mol. The van der Waals surface area contributed by atoms with Crippen LogP contribution >= 0.6 is 31.9 Å². The molecule has 0 aromatic heterocycles. The number of rotatable bonds is 12. The third-order valence-electron chi connectivity index (χ3n) is 8.13. The first-order valence-corrected chi connectivity index (χ1v) is 18.4. The van der Waals surface area contributed by atoms with E-state index in [-0.39, 0.29) is 59.8 Å². The van der Waals surface area contributed by atoms with Crippen molar-refractivity contribution in [1.82, 2.24) is 0 Å². The molecule has 0 aliphatic rings. The highest BCUT2D eigenvalue weighted by Crippen LogP contribution is 2.42. The van der Waals surface area contributed by atoms with Gasteiger partial charge >= 0.3 is 23.9 Å². The summed E-state index contributed by atoms with van der Waals surface area (Å²) < 4.78 is 22.8. The van der Waals surface area contributed by atoms with Crippen LogP contribution in [0.1, 0.15) is 49.9 Å². The Morgan fingerprint density at radius 2 is 0.712 bits per heavy atom. The molecule has 0 amide bonds. The highest BCUT2D eigenvalue weighted by molar-refractivity contribution is 9.11. The second kappa shape index (κ2) is 17.4. The van der Waals surface area contributed by atoms with Crippen LogP contribution < -0.4 is 0 Å². The zero-order valence-electron chi connectivity index (χ0n) is 29.1. The van der Waals surface area contributed by atoms with Gasteiger partial charge in [0.15, 0.2) is 0 Å². The summed E-state index contributed by atoms with van der Waals surface area (Å²) in [5, 5.41) is 3.15. The Hall–Kier alpha value is -5.06. The second-order valence-electron chi connectivity index (χ2n) is 11.2. The minimum absolute atomic E-state index is 0.00146. The van der Waals surface area contributed by atoms with E-state index in [1.165, 1.54) is 0 Å². The summed E-state index contributed by atoms with van der Waals surface area (Å²) in [6.45, 7) is 6.91. The fourth-order valence-electron chi connectivity index (χ4n) is 6.02. The molecule has 5 aromatic carbocycles. The molecule has 8 nitrogen and oxygen atoms in total. The lowest BCUT2D eigenvalue weighted by atomic mass is 9.88. The number of benzene rings is 5. The quantitative estimate of drug-likeness (QED) is 0.0530. The lowest BCUT2D eigenvalue weighted by molar-refractivity contribution is -0.138. The number of fused-ring (bicyclic) bond motifs is 2. The van der Waals surface area contributed by atoms with E-state index in [0.29, 0.717) is 20.1 Å². The monoisotopic (exact) mass is 826 g/mol. The van der Waals surface area contributed by atoms with E-state index in [0.717, 1.165) is 21.5 Å². The molecule has 266 valence electrons. The van der Waals surface area contributed by atoms with Crippen molar-refractivity contribution in [3.63, 3.8) is 0 Å². The maximum atomic E-state index is 14.0. The molecule has 0 saturated heterocycles. The minimum atomic E-state index is -0.761. The first kappa shape index (κ1) is 38.2. The standard InChI is InChI=1S/C42H36Br2O8/c1-5-49-39(45)35(29-21-13-17-25-15-9-11-19-27(25)29)37(41(47)51-7-3)31-23-34(44)32(24-33(31)43)38(42(48)52-8-4)36(40(46)50-6-2)30-22-14-18-26-16-10-12-20-28(26)30/h9-24H,5-8H2,1-4H3/b37-35-,38-36-. The number of carbonyl (C=O) groups is 4. The molecule has 0 atom stereocenters. The van der Waals surface area contributed by atoms with Gasteiger partial charge in [0.2, 0.25) is 0 Å². The first-order valence-electron chi connectivity index (χ1n) is 16.8. The summed E-state index contributed by atoms with van der Waals surface area (Å²) in [5.74, 6) is -2.96. The predicted molar refractivity (Wildman–Crippen MR) is 210 cm³/mol. The van der Waals surface area contributed by atoms with Crippen LogP contribution in [-0.2, 0) is 38.1 Å². The van der Waals surface area contributed by atoms with Gasteiger partial charge in [-0.1, -0.05) is 117 Å². The van der Waals surface area contributed by atoms with Gasteiger partial charge in [-0.15, -0.1) is 0 Å². The van der Waals surface area contributed by atoms with E-state index < -0.39 is 23.9 Å². The first-order chi connectivity index (χ1) is 25.2. The number of carbonyl (C=O) groups excluding carboxylic acids is 4. The van der Waals surface area contributed by atoms with Crippen molar-refractivity contribution in [2.45, 2.75) is 27.7 Å². The topological polar surface area (TPSA) is 105 Å². The van der Waals surface area contributed by atoms with Gasteiger partial charge in [0, 0.05) is 20.1 Å². The highest BCUT2D eigenvalue weighted by Gasteiger charge is 2.33. The van der Waals surface area contributed by atoms with Crippen LogP contribution in [0, 0.1) is 0 Å². The number of halogens is 2. The summed E-state index contributed by atoms with van der Waals surface area (Å²) >= 11 is 7.29. The molecular formula is C42H36Br2O8. The summed E-state index contributed by atoms with van der Waals surface area (Å²) in [6, 6.07) is 29.1. The Labute approximate surface area is 318 Å². The van der Waals surface area contributed by atoms with Gasteiger partial charge in [-0.05, 0) is 72.5 Å². The van der Waals surface area contributed by atoms with Crippen molar-refractivity contribution in [1.29, 1.82) is 0 Å². The number of hydrogen-bond donors (Lipinski definition) is 0. The van der Waals surface area contributed by atoms with Crippen LogP contribution in [0.2, 0.25) is 0 Å². The van der Waals surface area contributed by atoms with E-state index >= 15 is 0 Å². The van der Waals surface area contributed by atoms with E-state index in [1.54, 1.807) is 64.1 Å². The van der Waals surface area contributed by atoms with Crippen molar-refractivity contribution in [3.8, 4) is 0 Å². The second-order valence-corrected chi connectivity index (χ2v) is 13.0. The minimum Gasteiger partial charge on any atom is -0.462 e. The molecule has 0 fully saturated rings. The van der Waals surface area contributed by atoms with E-state index in [2.05, 4.69) is 31.9 Å². The fourth-order valence-corrected chi connectivity index (χ4v) is 7.10. The molecule has 0 spiro atoms.